The van der Waals surface area contributed by atoms with Gasteiger partial charge in [0.05, 0.1) is 11.4 Å². The summed E-state index contributed by atoms with van der Waals surface area (Å²) in [5.41, 5.74) is 1.22. The van der Waals surface area contributed by atoms with Gasteiger partial charge < -0.3 is 26.0 Å². The maximum Gasteiger partial charge on any atom is 0.323 e. The van der Waals surface area contributed by atoms with E-state index < -0.39 is 64.3 Å². The van der Waals surface area contributed by atoms with Crippen molar-refractivity contribution in [1.82, 2.24) is 25.6 Å². The van der Waals surface area contributed by atoms with Gasteiger partial charge in [0.2, 0.25) is 27.7 Å². The Labute approximate surface area is 256 Å². The Morgan fingerprint density at radius 3 is 2.23 bits per heavy atom. The summed E-state index contributed by atoms with van der Waals surface area (Å²) in [4.78, 5) is 64.7. The lowest BCUT2D eigenvalue weighted by atomic mass is 10.0. The van der Waals surface area contributed by atoms with Crippen LogP contribution < -0.4 is 20.7 Å². The third kappa shape index (κ3) is 9.61. The molecular weight excluding hydrogens is 590 g/mol. The van der Waals surface area contributed by atoms with Crippen molar-refractivity contribution in [1.29, 1.82) is 0 Å². The second-order valence-corrected chi connectivity index (χ2v) is 12.8. The molecule has 1 saturated heterocycles. The van der Waals surface area contributed by atoms with Crippen LogP contribution in [0.25, 0.3) is 0 Å². The molecule has 1 fully saturated rings. The van der Waals surface area contributed by atoms with Gasteiger partial charge in [-0.25, -0.2) is 8.42 Å². The van der Waals surface area contributed by atoms with Crippen LogP contribution in [0.4, 0.5) is 0 Å². The summed E-state index contributed by atoms with van der Waals surface area (Å²) in [6.07, 6.45) is 1.12. The largest absolute Gasteiger partial charge is 0.480 e. The Morgan fingerprint density at radius 2 is 1.61 bits per heavy atom. The van der Waals surface area contributed by atoms with Crippen molar-refractivity contribution in [2.24, 2.45) is 5.92 Å². The molecule has 0 saturated carbocycles. The molecule has 3 atom stereocenters. The van der Waals surface area contributed by atoms with Crippen LogP contribution in [0.5, 0.6) is 0 Å². The van der Waals surface area contributed by atoms with Crippen molar-refractivity contribution >= 4 is 39.6 Å². The summed E-state index contributed by atoms with van der Waals surface area (Å²) in [5, 5.41) is 17.3. The second-order valence-electron chi connectivity index (χ2n) is 11.1. The predicted octanol–water partition coefficient (Wildman–Crippen LogP) is 0.795. The van der Waals surface area contributed by atoms with Crippen molar-refractivity contribution in [3.63, 3.8) is 0 Å². The molecule has 2 aromatic carbocycles. The maximum absolute atomic E-state index is 13.3. The number of hydrogen-bond acceptors (Lipinski definition) is 7. The molecule has 0 aromatic heterocycles. The lowest BCUT2D eigenvalue weighted by Crippen LogP contribution is -2.56. The minimum absolute atomic E-state index is 0.0455. The van der Waals surface area contributed by atoms with E-state index in [4.69, 9.17) is 0 Å². The Balaban J connectivity index is 1.61. The van der Waals surface area contributed by atoms with Crippen LogP contribution in [-0.2, 0) is 29.2 Å². The number of likely N-dealkylation sites (tertiary alicyclic amines) is 1. The van der Waals surface area contributed by atoms with Crippen LogP contribution in [0.1, 0.15) is 49.0 Å². The van der Waals surface area contributed by atoms with Crippen LogP contribution in [0.15, 0.2) is 59.5 Å². The van der Waals surface area contributed by atoms with Gasteiger partial charge in [-0.3, -0.25) is 24.0 Å². The molecule has 3 rings (SSSR count). The number of nitrogens with zero attached hydrogens (tertiary/aromatic N) is 1. The lowest BCUT2D eigenvalue weighted by molar-refractivity contribution is -0.139. The topological polar surface area (TPSA) is 191 Å². The molecule has 0 unspecified atom stereocenters. The zero-order valence-electron chi connectivity index (χ0n) is 24.9. The van der Waals surface area contributed by atoms with Crippen molar-refractivity contribution in [2.75, 3.05) is 19.6 Å². The zero-order valence-corrected chi connectivity index (χ0v) is 25.7. The van der Waals surface area contributed by atoms with E-state index >= 15 is 0 Å². The summed E-state index contributed by atoms with van der Waals surface area (Å²) in [7, 11) is -4.19. The van der Waals surface area contributed by atoms with Gasteiger partial charge in [0.15, 0.2) is 0 Å². The first kappa shape index (κ1) is 34.2. The fourth-order valence-corrected chi connectivity index (χ4v) is 5.92. The highest BCUT2D eigenvalue weighted by Gasteiger charge is 2.36. The zero-order chi connectivity index (χ0) is 32.4. The summed E-state index contributed by atoms with van der Waals surface area (Å²) in [5.74, 6) is -3.66. The number of sulfonamides is 1. The van der Waals surface area contributed by atoms with Crippen molar-refractivity contribution in [2.45, 2.75) is 63.1 Å². The van der Waals surface area contributed by atoms with E-state index in [1.54, 1.807) is 49.4 Å². The van der Waals surface area contributed by atoms with E-state index in [-0.39, 0.29) is 23.8 Å². The quantitative estimate of drug-likeness (QED) is 0.203. The number of rotatable bonds is 14. The number of aryl methyl sites for hydroxylation is 1. The number of hydrogen-bond donors (Lipinski definition) is 5. The normalized spacial score (nSPS) is 16.2. The molecule has 13 nitrogen and oxygen atoms in total. The molecule has 1 heterocycles. The van der Waals surface area contributed by atoms with Gasteiger partial charge >= 0.3 is 5.97 Å². The summed E-state index contributed by atoms with van der Waals surface area (Å²) >= 11 is 0. The van der Waals surface area contributed by atoms with E-state index in [0.29, 0.717) is 24.9 Å². The van der Waals surface area contributed by atoms with Gasteiger partial charge in [0.25, 0.3) is 5.91 Å². The SMILES string of the molecule is Cc1ccc(S(=O)(=O)N[C@@H](CNC(=O)[C@H](CC(C)C)NC(=O)[C@@H]2CCCN2C(=O)CNC(=O)c2ccccc2)C(=O)O)cc1. The third-order valence-corrected chi connectivity index (χ3v) is 8.55. The molecule has 238 valence electrons. The number of aliphatic carboxylic acids is 1. The number of carboxylic acid groups (broad SMARTS) is 1. The molecule has 0 spiro atoms. The maximum atomic E-state index is 13.3. The lowest BCUT2D eigenvalue weighted by Gasteiger charge is -2.27. The third-order valence-electron chi connectivity index (χ3n) is 7.06. The van der Waals surface area contributed by atoms with Crippen LogP contribution in [0.2, 0.25) is 0 Å². The van der Waals surface area contributed by atoms with Gasteiger partial charge in [0.1, 0.15) is 18.1 Å². The molecule has 14 heteroatoms. The Hall–Kier alpha value is -4.30. The fraction of sp³-hybridized carbons (Fsp3) is 0.433. The van der Waals surface area contributed by atoms with Gasteiger partial charge in [0, 0.05) is 18.7 Å². The van der Waals surface area contributed by atoms with E-state index in [1.807, 2.05) is 13.8 Å². The highest BCUT2D eigenvalue weighted by Crippen LogP contribution is 2.18. The number of carboxylic acids is 1. The van der Waals surface area contributed by atoms with E-state index in [0.717, 1.165) is 5.56 Å². The Morgan fingerprint density at radius 1 is 0.955 bits per heavy atom. The van der Waals surface area contributed by atoms with E-state index in [1.165, 1.54) is 17.0 Å². The number of benzene rings is 2. The molecule has 4 amide bonds. The van der Waals surface area contributed by atoms with Crippen LogP contribution in [0.3, 0.4) is 0 Å². The molecule has 2 aromatic rings. The standard InChI is InChI=1S/C30H39N5O8S/c1-19(2)16-23(28(38)31-17-24(30(40)41)34-44(42,43)22-13-11-20(3)12-14-22)33-29(39)25-10-7-15-35(25)26(36)18-32-27(37)21-8-5-4-6-9-21/h4-6,8-9,11-14,19,23-25,34H,7,10,15-18H2,1-3H3,(H,31,38)(H,32,37)(H,33,39)(H,40,41)/t23-,24-,25-/m0/s1. The van der Waals surface area contributed by atoms with Crippen LogP contribution in [0, 0.1) is 12.8 Å². The van der Waals surface area contributed by atoms with Crippen LogP contribution >= 0.6 is 0 Å². The van der Waals surface area contributed by atoms with Gasteiger partial charge in [-0.05, 0) is 56.4 Å². The molecular formula is C30H39N5O8S. The molecule has 44 heavy (non-hydrogen) atoms. The average Bonchev–Trinajstić information content (AvgIpc) is 3.48. The number of carbonyl (C=O) groups excluding carboxylic acids is 4. The van der Waals surface area contributed by atoms with Crippen molar-refractivity contribution in [3.8, 4) is 0 Å². The first-order valence-electron chi connectivity index (χ1n) is 14.3. The Kier molecular flexibility index (Phi) is 12.0. The molecule has 0 bridgehead atoms. The summed E-state index contributed by atoms with van der Waals surface area (Å²) in [6.45, 7) is 4.88. The monoisotopic (exact) mass is 629 g/mol. The van der Waals surface area contributed by atoms with E-state index in [2.05, 4.69) is 20.7 Å². The average molecular weight is 630 g/mol. The summed E-state index contributed by atoms with van der Waals surface area (Å²) in [6, 6.07) is 10.6. The van der Waals surface area contributed by atoms with Crippen molar-refractivity contribution in [3.05, 3.63) is 65.7 Å². The smallest absolute Gasteiger partial charge is 0.323 e. The van der Waals surface area contributed by atoms with Crippen molar-refractivity contribution < 1.29 is 37.5 Å². The summed E-state index contributed by atoms with van der Waals surface area (Å²) < 4.78 is 27.5. The molecule has 5 N–H and O–H groups in total. The molecule has 1 aliphatic heterocycles. The predicted molar refractivity (Wildman–Crippen MR) is 161 cm³/mol. The van der Waals surface area contributed by atoms with Crippen LogP contribution in [-0.4, -0.2) is 85.8 Å². The van der Waals surface area contributed by atoms with E-state index in [9.17, 15) is 37.5 Å². The Bertz CT molecular complexity index is 1450. The van der Waals surface area contributed by atoms with Gasteiger partial charge in [-0.1, -0.05) is 49.7 Å². The number of carbonyl (C=O) groups is 5. The highest BCUT2D eigenvalue weighted by molar-refractivity contribution is 7.89. The first-order chi connectivity index (χ1) is 20.8. The molecule has 1 aliphatic rings. The first-order valence-corrected chi connectivity index (χ1v) is 15.8. The minimum Gasteiger partial charge on any atom is -0.480 e. The number of nitrogens with one attached hydrogen (secondary N) is 4. The highest BCUT2D eigenvalue weighted by atomic mass is 32.2. The van der Waals surface area contributed by atoms with Gasteiger partial charge in [-0.15, -0.1) is 0 Å². The van der Waals surface area contributed by atoms with Gasteiger partial charge in [-0.2, -0.15) is 4.72 Å². The minimum atomic E-state index is -4.19. The molecule has 0 radical (unpaired) electrons. The number of amides is 4. The fourth-order valence-electron chi connectivity index (χ4n) is 4.74. The molecule has 0 aliphatic carbocycles. The second kappa shape index (κ2) is 15.4.